The Labute approximate surface area is 134 Å². The van der Waals surface area contributed by atoms with Gasteiger partial charge < -0.3 is 19.5 Å². The van der Waals surface area contributed by atoms with Crippen molar-refractivity contribution in [1.82, 2.24) is 10.2 Å². The summed E-state index contributed by atoms with van der Waals surface area (Å²) in [6.07, 6.45) is 0.100. The predicted octanol–water partition coefficient (Wildman–Crippen LogP) is 2.06. The minimum absolute atomic E-state index is 0.100. The fraction of sp³-hybridized carbons (Fsp3) is 0.600. The topological polar surface area (TPSA) is 43.0 Å². The van der Waals surface area contributed by atoms with E-state index >= 15 is 0 Å². The Hall–Kier alpha value is -0.820. The Balaban J connectivity index is 2.41. The van der Waals surface area contributed by atoms with Gasteiger partial charge in [0.1, 0.15) is 0 Å². The highest BCUT2D eigenvalue weighted by Gasteiger charge is 2.33. The lowest BCUT2D eigenvalue weighted by Gasteiger charge is -2.40. The highest BCUT2D eigenvalue weighted by molar-refractivity contribution is 9.10. The summed E-state index contributed by atoms with van der Waals surface area (Å²) in [5.41, 5.74) is 1.15. The van der Waals surface area contributed by atoms with Crippen LogP contribution in [0.2, 0.25) is 0 Å². The molecule has 1 aromatic rings. The molecule has 2 unspecified atom stereocenters. The van der Waals surface area contributed by atoms with Crippen LogP contribution in [0.25, 0.3) is 0 Å². The monoisotopic (exact) mass is 358 g/mol. The summed E-state index contributed by atoms with van der Waals surface area (Å²) in [6.45, 7) is 2.46. The van der Waals surface area contributed by atoms with E-state index < -0.39 is 0 Å². The number of ether oxygens (including phenoxy) is 3. The standard InChI is InChI=1S/C15H23BrN2O3/c1-17-9-14-15(18(2)5-6-21-14)10-7-12(19-3)13(20-4)8-11(10)16/h7-8,14-15,17H,5-6,9H2,1-4H3. The summed E-state index contributed by atoms with van der Waals surface area (Å²) >= 11 is 3.65. The van der Waals surface area contributed by atoms with Crippen molar-refractivity contribution in [2.75, 3.05) is 48.0 Å². The van der Waals surface area contributed by atoms with Crippen LogP contribution in [0.1, 0.15) is 11.6 Å². The molecule has 118 valence electrons. The van der Waals surface area contributed by atoms with Crippen LogP contribution in [0.5, 0.6) is 11.5 Å². The first-order valence-corrected chi connectivity index (χ1v) is 7.79. The van der Waals surface area contributed by atoms with Crippen LogP contribution in [0, 0.1) is 0 Å². The second-order valence-corrected chi connectivity index (χ2v) is 5.98. The highest BCUT2D eigenvalue weighted by Crippen LogP contribution is 2.39. The molecule has 0 bridgehead atoms. The average Bonchev–Trinajstić information content (AvgIpc) is 2.48. The molecule has 0 amide bonds. The second kappa shape index (κ2) is 7.45. The van der Waals surface area contributed by atoms with Gasteiger partial charge in [-0.25, -0.2) is 0 Å². The van der Waals surface area contributed by atoms with E-state index in [9.17, 15) is 0 Å². The number of likely N-dealkylation sites (N-methyl/N-ethyl adjacent to an activating group) is 2. The van der Waals surface area contributed by atoms with Crippen LogP contribution < -0.4 is 14.8 Å². The van der Waals surface area contributed by atoms with Crippen LogP contribution in [0.4, 0.5) is 0 Å². The summed E-state index contributed by atoms with van der Waals surface area (Å²) in [6, 6.07) is 4.15. The molecule has 1 aliphatic rings. The Kier molecular flexibility index (Phi) is 5.87. The number of rotatable bonds is 5. The first-order chi connectivity index (χ1) is 10.1. The first kappa shape index (κ1) is 16.5. The van der Waals surface area contributed by atoms with Gasteiger partial charge in [-0.05, 0) is 31.8 Å². The number of nitrogens with one attached hydrogen (secondary N) is 1. The van der Waals surface area contributed by atoms with Crippen molar-refractivity contribution in [2.24, 2.45) is 0 Å². The van der Waals surface area contributed by atoms with E-state index in [0.29, 0.717) is 0 Å². The molecule has 21 heavy (non-hydrogen) atoms. The molecule has 1 N–H and O–H groups in total. The fourth-order valence-electron chi connectivity index (χ4n) is 2.77. The molecule has 5 nitrogen and oxygen atoms in total. The third kappa shape index (κ3) is 3.51. The van der Waals surface area contributed by atoms with Crippen LogP contribution in [-0.2, 0) is 4.74 Å². The van der Waals surface area contributed by atoms with Crippen molar-refractivity contribution < 1.29 is 14.2 Å². The Morgan fingerprint density at radius 1 is 1.33 bits per heavy atom. The van der Waals surface area contributed by atoms with Crippen LogP contribution in [0.3, 0.4) is 0 Å². The van der Waals surface area contributed by atoms with Crippen molar-refractivity contribution >= 4 is 15.9 Å². The van der Waals surface area contributed by atoms with E-state index in [1.807, 2.05) is 19.2 Å². The molecule has 1 aliphatic heterocycles. The van der Waals surface area contributed by atoms with Crippen molar-refractivity contribution in [3.8, 4) is 11.5 Å². The summed E-state index contributed by atoms with van der Waals surface area (Å²) < 4.78 is 17.7. The number of methoxy groups -OCH3 is 2. The Morgan fingerprint density at radius 3 is 2.62 bits per heavy atom. The van der Waals surface area contributed by atoms with Crippen molar-refractivity contribution in [3.63, 3.8) is 0 Å². The van der Waals surface area contributed by atoms with Crippen molar-refractivity contribution in [3.05, 3.63) is 22.2 Å². The van der Waals surface area contributed by atoms with E-state index in [1.54, 1.807) is 14.2 Å². The number of hydrogen-bond donors (Lipinski definition) is 1. The largest absolute Gasteiger partial charge is 0.493 e. The fourth-order valence-corrected chi connectivity index (χ4v) is 3.33. The third-order valence-corrected chi connectivity index (χ3v) is 4.52. The molecular formula is C15H23BrN2O3. The van der Waals surface area contributed by atoms with Crippen LogP contribution in [0.15, 0.2) is 16.6 Å². The summed E-state index contributed by atoms with van der Waals surface area (Å²) in [7, 11) is 7.36. The first-order valence-electron chi connectivity index (χ1n) is 7.00. The summed E-state index contributed by atoms with van der Waals surface area (Å²) in [5.74, 6) is 1.45. The van der Waals surface area contributed by atoms with Gasteiger partial charge in [-0.1, -0.05) is 15.9 Å². The van der Waals surface area contributed by atoms with E-state index in [1.165, 1.54) is 0 Å². The molecule has 1 fully saturated rings. The zero-order chi connectivity index (χ0) is 15.4. The summed E-state index contributed by atoms with van der Waals surface area (Å²) in [4.78, 5) is 2.32. The minimum Gasteiger partial charge on any atom is -0.493 e. The molecule has 6 heteroatoms. The normalized spacial score (nSPS) is 23.1. The van der Waals surface area contributed by atoms with Crippen molar-refractivity contribution in [1.29, 1.82) is 0 Å². The molecule has 0 aliphatic carbocycles. The average molecular weight is 359 g/mol. The lowest BCUT2D eigenvalue weighted by Crippen LogP contribution is -2.47. The van der Waals surface area contributed by atoms with E-state index in [-0.39, 0.29) is 12.1 Å². The maximum atomic E-state index is 5.94. The van der Waals surface area contributed by atoms with Crippen LogP contribution in [-0.4, -0.2) is 59.0 Å². The van der Waals surface area contributed by atoms with Gasteiger partial charge in [-0.2, -0.15) is 0 Å². The molecule has 0 radical (unpaired) electrons. The lowest BCUT2D eigenvalue weighted by atomic mass is 9.97. The van der Waals surface area contributed by atoms with E-state index in [4.69, 9.17) is 14.2 Å². The summed E-state index contributed by atoms with van der Waals surface area (Å²) in [5, 5.41) is 3.21. The molecule has 0 spiro atoms. The zero-order valence-electron chi connectivity index (χ0n) is 13.0. The van der Waals surface area contributed by atoms with Gasteiger partial charge in [0.15, 0.2) is 11.5 Å². The lowest BCUT2D eigenvalue weighted by molar-refractivity contribution is -0.0609. The van der Waals surface area contributed by atoms with Gasteiger partial charge in [0.2, 0.25) is 0 Å². The molecule has 1 saturated heterocycles. The molecule has 1 aromatic carbocycles. The number of hydrogen-bond acceptors (Lipinski definition) is 5. The van der Waals surface area contributed by atoms with E-state index in [2.05, 4.69) is 33.2 Å². The van der Waals surface area contributed by atoms with Crippen LogP contribution >= 0.6 is 15.9 Å². The minimum atomic E-state index is 0.100. The predicted molar refractivity (Wildman–Crippen MR) is 86.3 cm³/mol. The number of halogens is 1. The number of nitrogens with zero attached hydrogens (tertiary/aromatic N) is 1. The van der Waals surface area contributed by atoms with Gasteiger partial charge in [-0.15, -0.1) is 0 Å². The molecule has 2 rings (SSSR count). The number of morpholine rings is 1. The van der Waals surface area contributed by atoms with Gasteiger partial charge in [0.05, 0.1) is 33.0 Å². The number of benzene rings is 1. The third-order valence-electron chi connectivity index (χ3n) is 3.83. The maximum absolute atomic E-state index is 5.94. The van der Waals surface area contributed by atoms with Crippen molar-refractivity contribution in [2.45, 2.75) is 12.1 Å². The molecule has 0 saturated carbocycles. The highest BCUT2D eigenvalue weighted by atomic mass is 79.9. The quantitative estimate of drug-likeness (QED) is 0.872. The van der Waals surface area contributed by atoms with Gasteiger partial charge in [-0.3, -0.25) is 4.90 Å². The smallest absolute Gasteiger partial charge is 0.161 e. The van der Waals surface area contributed by atoms with Gasteiger partial charge in [0.25, 0.3) is 0 Å². The Morgan fingerprint density at radius 2 is 2.00 bits per heavy atom. The molecule has 1 heterocycles. The molecular weight excluding hydrogens is 336 g/mol. The molecule has 2 atom stereocenters. The van der Waals surface area contributed by atoms with Gasteiger partial charge >= 0.3 is 0 Å². The zero-order valence-corrected chi connectivity index (χ0v) is 14.6. The second-order valence-electron chi connectivity index (χ2n) is 5.12. The van der Waals surface area contributed by atoms with Gasteiger partial charge in [0, 0.05) is 17.6 Å². The maximum Gasteiger partial charge on any atom is 0.161 e. The molecule has 0 aromatic heterocycles. The SMILES string of the molecule is CNCC1OCCN(C)C1c1cc(OC)c(OC)cc1Br. The Bertz CT molecular complexity index is 482. The van der Waals surface area contributed by atoms with E-state index in [0.717, 1.165) is 41.2 Å².